The molecule has 0 aliphatic carbocycles. The van der Waals surface area contributed by atoms with Crippen LogP contribution in [0, 0.1) is 0 Å². The van der Waals surface area contributed by atoms with Gasteiger partial charge in [0.25, 0.3) is 5.91 Å². The summed E-state index contributed by atoms with van der Waals surface area (Å²) < 4.78 is 0. The molecule has 0 radical (unpaired) electrons. The Morgan fingerprint density at radius 2 is 1.62 bits per heavy atom. The van der Waals surface area contributed by atoms with Gasteiger partial charge in [-0.2, -0.15) is 0 Å². The van der Waals surface area contributed by atoms with Gasteiger partial charge < -0.3 is 10.0 Å². The summed E-state index contributed by atoms with van der Waals surface area (Å²) in [5.74, 6) is 0.155. The number of rotatable bonds is 6. The second kappa shape index (κ2) is 8.54. The molecule has 0 spiro atoms. The monoisotopic (exact) mass is 365 g/mol. The van der Waals surface area contributed by atoms with Crippen LogP contribution in [-0.2, 0) is 13.0 Å². The van der Waals surface area contributed by atoms with Gasteiger partial charge in [0.2, 0.25) is 0 Å². The summed E-state index contributed by atoms with van der Waals surface area (Å²) in [6.07, 6.45) is 0.769. The van der Waals surface area contributed by atoms with Crippen LogP contribution in [0.1, 0.15) is 21.5 Å². The zero-order chi connectivity index (χ0) is 18.4. The largest absolute Gasteiger partial charge is 0.508 e. The number of hydrogen-bond acceptors (Lipinski definition) is 2. The van der Waals surface area contributed by atoms with Crippen molar-refractivity contribution >= 4 is 17.5 Å². The van der Waals surface area contributed by atoms with Gasteiger partial charge in [0.1, 0.15) is 5.75 Å². The van der Waals surface area contributed by atoms with Crippen LogP contribution in [0.2, 0.25) is 5.02 Å². The van der Waals surface area contributed by atoms with Gasteiger partial charge in [-0.05, 0) is 47.9 Å². The number of aromatic hydroxyl groups is 1. The summed E-state index contributed by atoms with van der Waals surface area (Å²) in [7, 11) is 0. The van der Waals surface area contributed by atoms with E-state index in [2.05, 4.69) is 12.1 Å². The first-order valence-corrected chi connectivity index (χ1v) is 8.86. The van der Waals surface area contributed by atoms with E-state index in [1.54, 1.807) is 36.4 Å². The maximum Gasteiger partial charge on any atom is 0.254 e. The van der Waals surface area contributed by atoms with Gasteiger partial charge in [0.15, 0.2) is 0 Å². The lowest BCUT2D eigenvalue weighted by Crippen LogP contribution is -2.32. The van der Waals surface area contributed by atoms with Crippen molar-refractivity contribution < 1.29 is 9.90 Å². The minimum Gasteiger partial charge on any atom is -0.508 e. The Kier molecular flexibility index (Phi) is 5.92. The molecular formula is C22H20ClNO2. The van der Waals surface area contributed by atoms with Crippen LogP contribution >= 0.6 is 11.6 Å². The van der Waals surface area contributed by atoms with Gasteiger partial charge in [-0.15, -0.1) is 0 Å². The molecule has 0 saturated heterocycles. The highest BCUT2D eigenvalue weighted by Crippen LogP contribution is 2.17. The van der Waals surface area contributed by atoms with Crippen LogP contribution in [0.5, 0.6) is 5.75 Å². The number of benzene rings is 3. The van der Waals surface area contributed by atoms with Gasteiger partial charge in [0, 0.05) is 23.7 Å². The van der Waals surface area contributed by atoms with Crippen molar-refractivity contribution in [3.8, 4) is 5.75 Å². The molecule has 1 N–H and O–H groups in total. The molecule has 0 saturated carbocycles. The minimum atomic E-state index is -0.0588. The third kappa shape index (κ3) is 4.87. The highest BCUT2D eigenvalue weighted by atomic mass is 35.5. The molecule has 3 nitrogen and oxygen atoms in total. The smallest absolute Gasteiger partial charge is 0.254 e. The fraction of sp³-hybridized carbons (Fsp3) is 0.136. The first-order chi connectivity index (χ1) is 12.6. The lowest BCUT2D eigenvalue weighted by atomic mass is 10.1. The molecule has 0 unspecified atom stereocenters. The van der Waals surface area contributed by atoms with Crippen molar-refractivity contribution in [1.29, 1.82) is 0 Å². The highest BCUT2D eigenvalue weighted by molar-refractivity contribution is 6.30. The van der Waals surface area contributed by atoms with Crippen LogP contribution in [0.15, 0.2) is 78.9 Å². The van der Waals surface area contributed by atoms with Crippen LogP contribution in [0.3, 0.4) is 0 Å². The molecular weight excluding hydrogens is 346 g/mol. The third-order valence-corrected chi connectivity index (χ3v) is 4.42. The Morgan fingerprint density at radius 1 is 0.885 bits per heavy atom. The van der Waals surface area contributed by atoms with E-state index in [9.17, 15) is 9.90 Å². The fourth-order valence-electron chi connectivity index (χ4n) is 2.79. The van der Waals surface area contributed by atoms with Crippen molar-refractivity contribution in [3.05, 3.63) is 101 Å². The Labute approximate surface area is 158 Å². The summed E-state index contributed by atoms with van der Waals surface area (Å²) in [5.41, 5.74) is 2.72. The summed E-state index contributed by atoms with van der Waals surface area (Å²) >= 11 is 6.05. The van der Waals surface area contributed by atoms with Gasteiger partial charge in [-0.1, -0.05) is 60.1 Å². The minimum absolute atomic E-state index is 0.0588. The Bertz CT molecular complexity index is 863. The maximum atomic E-state index is 13.0. The molecule has 0 aliphatic rings. The molecule has 0 heterocycles. The van der Waals surface area contributed by atoms with Crippen molar-refractivity contribution in [2.24, 2.45) is 0 Å². The lowest BCUT2D eigenvalue weighted by molar-refractivity contribution is 0.0745. The number of phenolic OH excluding ortho intramolecular Hbond substituents is 1. The Morgan fingerprint density at radius 3 is 2.31 bits per heavy atom. The second-order valence-electron chi connectivity index (χ2n) is 6.14. The molecule has 26 heavy (non-hydrogen) atoms. The molecule has 0 aliphatic heterocycles. The van der Waals surface area contributed by atoms with Gasteiger partial charge >= 0.3 is 0 Å². The molecule has 0 aromatic heterocycles. The molecule has 0 atom stereocenters. The molecule has 3 aromatic carbocycles. The van der Waals surface area contributed by atoms with Crippen LogP contribution in [0.4, 0.5) is 0 Å². The molecule has 0 fully saturated rings. The van der Waals surface area contributed by atoms with Crippen LogP contribution in [-0.4, -0.2) is 22.5 Å². The van der Waals surface area contributed by atoms with Crippen LogP contribution < -0.4 is 0 Å². The fourth-order valence-corrected chi connectivity index (χ4v) is 2.98. The van der Waals surface area contributed by atoms with Gasteiger partial charge in [0.05, 0.1) is 0 Å². The quantitative estimate of drug-likeness (QED) is 0.672. The predicted molar refractivity (Wildman–Crippen MR) is 104 cm³/mol. The average molecular weight is 366 g/mol. The van der Waals surface area contributed by atoms with Crippen LogP contribution in [0.25, 0.3) is 0 Å². The van der Waals surface area contributed by atoms with Crippen molar-refractivity contribution in [3.63, 3.8) is 0 Å². The van der Waals surface area contributed by atoms with E-state index < -0.39 is 0 Å². The first-order valence-electron chi connectivity index (χ1n) is 8.48. The topological polar surface area (TPSA) is 40.5 Å². The highest BCUT2D eigenvalue weighted by Gasteiger charge is 2.16. The van der Waals surface area contributed by atoms with Crippen molar-refractivity contribution in [2.45, 2.75) is 13.0 Å². The maximum absolute atomic E-state index is 13.0. The number of carbonyl (C=O) groups is 1. The Hall–Kier alpha value is -2.78. The zero-order valence-corrected chi connectivity index (χ0v) is 15.1. The summed E-state index contributed by atoms with van der Waals surface area (Å²) in [6.45, 7) is 1.06. The van der Waals surface area contributed by atoms with Crippen molar-refractivity contribution in [1.82, 2.24) is 4.90 Å². The standard InChI is InChI=1S/C22H20ClNO2/c23-20-8-4-7-19(15-20)22(26)24(14-13-17-5-2-1-3-6-17)16-18-9-11-21(25)12-10-18/h1-12,15,25H,13-14,16H2. The van der Waals surface area contributed by atoms with E-state index in [0.717, 1.165) is 12.0 Å². The number of nitrogens with zero attached hydrogens (tertiary/aromatic N) is 1. The van der Waals surface area contributed by atoms with E-state index in [4.69, 9.17) is 11.6 Å². The molecule has 3 rings (SSSR count). The van der Waals surface area contributed by atoms with E-state index in [0.29, 0.717) is 23.7 Å². The normalized spacial score (nSPS) is 10.5. The molecule has 4 heteroatoms. The van der Waals surface area contributed by atoms with E-state index in [1.165, 1.54) is 5.56 Å². The summed E-state index contributed by atoms with van der Waals surface area (Å²) in [6, 6.07) is 24.0. The number of amides is 1. The number of carbonyl (C=O) groups excluding carboxylic acids is 1. The Balaban J connectivity index is 1.80. The number of phenols is 1. The van der Waals surface area contributed by atoms with E-state index in [1.807, 2.05) is 35.2 Å². The zero-order valence-electron chi connectivity index (χ0n) is 14.3. The predicted octanol–water partition coefficient (Wildman–Crippen LogP) is 4.93. The second-order valence-corrected chi connectivity index (χ2v) is 6.58. The third-order valence-electron chi connectivity index (χ3n) is 4.18. The van der Waals surface area contributed by atoms with Gasteiger partial charge in [-0.25, -0.2) is 0 Å². The summed E-state index contributed by atoms with van der Waals surface area (Å²) in [5, 5.41) is 10.0. The first kappa shape index (κ1) is 18.0. The number of halogens is 1. The summed E-state index contributed by atoms with van der Waals surface area (Å²) in [4.78, 5) is 14.8. The van der Waals surface area contributed by atoms with Gasteiger partial charge in [-0.3, -0.25) is 4.79 Å². The average Bonchev–Trinajstić information content (AvgIpc) is 2.67. The molecule has 132 valence electrons. The molecule has 1 amide bonds. The van der Waals surface area contributed by atoms with E-state index in [-0.39, 0.29) is 11.7 Å². The lowest BCUT2D eigenvalue weighted by Gasteiger charge is -2.23. The number of hydrogen-bond donors (Lipinski definition) is 1. The van der Waals surface area contributed by atoms with E-state index >= 15 is 0 Å². The molecule has 0 bridgehead atoms. The molecule has 3 aromatic rings. The van der Waals surface area contributed by atoms with Crippen molar-refractivity contribution in [2.75, 3.05) is 6.54 Å². The SMILES string of the molecule is O=C(c1cccc(Cl)c1)N(CCc1ccccc1)Cc1ccc(O)cc1.